The minimum absolute atomic E-state index is 0.117. The molecular formula is C23H28N4O3. The molecule has 2 heterocycles. The zero-order valence-corrected chi connectivity index (χ0v) is 17.3. The monoisotopic (exact) mass is 408 g/mol. The number of ether oxygens (including phenoxy) is 1. The molecule has 1 fully saturated rings. The smallest absolute Gasteiger partial charge is 0.276 e. The third-order valence-electron chi connectivity index (χ3n) is 5.69. The molecule has 30 heavy (non-hydrogen) atoms. The van der Waals surface area contributed by atoms with E-state index in [9.17, 15) is 9.59 Å². The van der Waals surface area contributed by atoms with E-state index in [0.29, 0.717) is 25.2 Å². The van der Waals surface area contributed by atoms with Crippen molar-refractivity contribution >= 4 is 11.4 Å². The molecule has 0 bridgehead atoms. The molecule has 0 spiro atoms. The van der Waals surface area contributed by atoms with Crippen molar-refractivity contribution < 1.29 is 9.53 Å². The molecule has 0 radical (unpaired) electrons. The highest BCUT2D eigenvalue weighted by atomic mass is 16.5. The largest absolute Gasteiger partial charge is 0.494 e. The van der Waals surface area contributed by atoms with Gasteiger partial charge in [-0.1, -0.05) is 19.3 Å². The lowest BCUT2D eigenvalue weighted by molar-refractivity contribution is -0.125. The minimum atomic E-state index is -0.117. The molecule has 1 saturated carbocycles. The Morgan fingerprint density at radius 2 is 1.93 bits per heavy atom. The van der Waals surface area contributed by atoms with Crippen LogP contribution in [0.15, 0.2) is 47.5 Å². The first-order valence-electron chi connectivity index (χ1n) is 10.8. The second-order valence-corrected chi connectivity index (χ2v) is 7.74. The predicted octanol–water partition coefficient (Wildman–Crippen LogP) is 3.26. The summed E-state index contributed by atoms with van der Waals surface area (Å²) in [5, 5.41) is 7.51. The van der Waals surface area contributed by atoms with E-state index >= 15 is 0 Å². The number of carbonyl (C=O) groups excluding carboxylic acids is 1. The molecule has 7 nitrogen and oxygen atoms in total. The lowest BCUT2D eigenvalue weighted by atomic mass is 9.89. The molecule has 1 aliphatic rings. The number of amides is 1. The number of fused-ring (bicyclic) bond motifs is 1. The van der Waals surface area contributed by atoms with E-state index in [1.165, 1.54) is 6.42 Å². The third-order valence-corrected chi connectivity index (χ3v) is 5.69. The van der Waals surface area contributed by atoms with Crippen molar-refractivity contribution in [3.63, 3.8) is 0 Å². The molecule has 7 heteroatoms. The summed E-state index contributed by atoms with van der Waals surface area (Å²) < 4.78 is 8.70. The first kappa shape index (κ1) is 20.2. The summed E-state index contributed by atoms with van der Waals surface area (Å²) in [5.41, 5.74) is 2.06. The SMILES string of the molecule is CCOc1ccc(-c2cc3c(=O)n(CCNC(=O)C4CCCCC4)ccn3n2)cc1. The van der Waals surface area contributed by atoms with Gasteiger partial charge in [-0.2, -0.15) is 5.10 Å². The molecular weight excluding hydrogens is 380 g/mol. The van der Waals surface area contributed by atoms with E-state index in [-0.39, 0.29) is 17.4 Å². The number of carbonyl (C=O) groups is 1. The van der Waals surface area contributed by atoms with Crippen molar-refractivity contribution in [1.29, 1.82) is 0 Å². The topological polar surface area (TPSA) is 77.6 Å². The van der Waals surface area contributed by atoms with Gasteiger partial charge in [0.15, 0.2) is 0 Å². The van der Waals surface area contributed by atoms with Gasteiger partial charge in [-0.05, 0) is 50.1 Å². The molecule has 3 aromatic rings. The number of nitrogens with zero attached hydrogens (tertiary/aromatic N) is 3. The maximum absolute atomic E-state index is 12.9. The van der Waals surface area contributed by atoms with Crippen molar-refractivity contribution in [2.45, 2.75) is 45.6 Å². The van der Waals surface area contributed by atoms with Gasteiger partial charge < -0.3 is 14.6 Å². The lowest BCUT2D eigenvalue weighted by Gasteiger charge is -2.20. The van der Waals surface area contributed by atoms with Gasteiger partial charge in [0.1, 0.15) is 11.3 Å². The predicted molar refractivity (Wildman–Crippen MR) is 116 cm³/mol. The van der Waals surface area contributed by atoms with Crippen molar-refractivity contribution in [1.82, 2.24) is 19.5 Å². The molecule has 0 saturated heterocycles. The Labute approximate surface area is 175 Å². The number of rotatable bonds is 7. The van der Waals surface area contributed by atoms with Crippen molar-refractivity contribution in [3.05, 3.63) is 53.1 Å². The maximum atomic E-state index is 12.9. The maximum Gasteiger partial charge on any atom is 0.276 e. The molecule has 1 aromatic carbocycles. The van der Waals surface area contributed by atoms with Crippen LogP contribution in [-0.4, -0.2) is 33.2 Å². The fraction of sp³-hybridized carbons (Fsp3) is 0.435. The highest BCUT2D eigenvalue weighted by Gasteiger charge is 2.20. The average Bonchev–Trinajstić information content (AvgIpc) is 3.22. The molecule has 0 unspecified atom stereocenters. The molecule has 0 atom stereocenters. The van der Waals surface area contributed by atoms with Crippen LogP contribution in [0, 0.1) is 5.92 Å². The Balaban J connectivity index is 1.44. The normalized spacial score (nSPS) is 14.7. The van der Waals surface area contributed by atoms with Crippen LogP contribution >= 0.6 is 0 Å². The van der Waals surface area contributed by atoms with Crippen molar-refractivity contribution in [2.24, 2.45) is 5.92 Å². The van der Waals surface area contributed by atoms with Gasteiger partial charge in [-0.25, -0.2) is 4.52 Å². The Morgan fingerprint density at radius 3 is 2.67 bits per heavy atom. The van der Waals surface area contributed by atoms with Gasteiger partial charge in [0.25, 0.3) is 5.56 Å². The number of hydrogen-bond donors (Lipinski definition) is 1. The van der Waals surface area contributed by atoms with Crippen LogP contribution in [0.1, 0.15) is 39.0 Å². The van der Waals surface area contributed by atoms with Crippen LogP contribution in [-0.2, 0) is 11.3 Å². The molecule has 0 aliphatic heterocycles. The van der Waals surface area contributed by atoms with E-state index in [4.69, 9.17) is 4.74 Å². The summed E-state index contributed by atoms with van der Waals surface area (Å²) in [7, 11) is 0. The zero-order chi connectivity index (χ0) is 20.9. The number of hydrogen-bond acceptors (Lipinski definition) is 4. The van der Waals surface area contributed by atoms with Crippen LogP contribution in [0.4, 0.5) is 0 Å². The summed E-state index contributed by atoms with van der Waals surface area (Å²) in [5.74, 6) is 1.05. The zero-order valence-electron chi connectivity index (χ0n) is 17.3. The quantitative estimate of drug-likeness (QED) is 0.651. The van der Waals surface area contributed by atoms with Gasteiger partial charge in [0.2, 0.25) is 5.91 Å². The second kappa shape index (κ2) is 9.15. The van der Waals surface area contributed by atoms with E-state index in [2.05, 4.69) is 10.4 Å². The number of benzene rings is 1. The Morgan fingerprint density at radius 1 is 1.17 bits per heavy atom. The molecule has 158 valence electrons. The summed E-state index contributed by atoms with van der Waals surface area (Å²) in [4.78, 5) is 25.1. The van der Waals surface area contributed by atoms with E-state index in [1.807, 2.05) is 31.2 Å². The van der Waals surface area contributed by atoms with E-state index in [1.54, 1.807) is 27.5 Å². The average molecular weight is 409 g/mol. The summed E-state index contributed by atoms with van der Waals surface area (Å²) in [6.45, 7) is 3.46. The fourth-order valence-corrected chi connectivity index (χ4v) is 4.04. The lowest BCUT2D eigenvalue weighted by Crippen LogP contribution is -2.35. The van der Waals surface area contributed by atoms with E-state index < -0.39 is 0 Å². The molecule has 4 rings (SSSR count). The molecule has 1 aliphatic carbocycles. The first-order chi connectivity index (χ1) is 14.7. The fourth-order valence-electron chi connectivity index (χ4n) is 4.04. The molecule has 1 amide bonds. The summed E-state index contributed by atoms with van der Waals surface area (Å²) >= 11 is 0. The van der Waals surface area contributed by atoms with E-state index in [0.717, 1.165) is 42.7 Å². The van der Waals surface area contributed by atoms with Crippen LogP contribution in [0.25, 0.3) is 16.8 Å². The highest BCUT2D eigenvalue weighted by molar-refractivity contribution is 5.78. The summed E-state index contributed by atoms with van der Waals surface area (Å²) in [6.07, 6.45) is 8.93. The Bertz CT molecular complexity index is 1060. The number of aromatic nitrogens is 3. The van der Waals surface area contributed by atoms with Crippen LogP contribution in [0.5, 0.6) is 5.75 Å². The van der Waals surface area contributed by atoms with Gasteiger partial charge in [0.05, 0.1) is 12.3 Å². The second-order valence-electron chi connectivity index (χ2n) is 7.74. The van der Waals surface area contributed by atoms with Crippen LogP contribution < -0.4 is 15.6 Å². The number of nitrogens with one attached hydrogen (secondary N) is 1. The van der Waals surface area contributed by atoms with Crippen LogP contribution in [0.3, 0.4) is 0 Å². The Kier molecular flexibility index (Phi) is 6.16. The van der Waals surface area contributed by atoms with Gasteiger partial charge in [-0.3, -0.25) is 9.59 Å². The molecule has 2 aromatic heterocycles. The van der Waals surface area contributed by atoms with Gasteiger partial charge in [-0.15, -0.1) is 0 Å². The molecule has 1 N–H and O–H groups in total. The summed E-state index contributed by atoms with van der Waals surface area (Å²) in [6, 6.07) is 9.47. The minimum Gasteiger partial charge on any atom is -0.494 e. The first-order valence-corrected chi connectivity index (χ1v) is 10.8. The van der Waals surface area contributed by atoms with Gasteiger partial charge in [0, 0.05) is 37.0 Å². The Hall–Kier alpha value is -3.09. The van der Waals surface area contributed by atoms with Gasteiger partial charge >= 0.3 is 0 Å². The van der Waals surface area contributed by atoms with Crippen molar-refractivity contribution in [2.75, 3.05) is 13.2 Å². The highest BCUT2D eigenvalue weighted by Crippen LogP contribution is 2.24. The third kappa shape index (κ3) is 4.40. The standard InChI is InChI=1S/C23H28N4O3/c1-2-30-19-10-8-17(9-11-19)20-16-21-23(29)26(14-15-27(21)25-20)13-12-24-22(28)18-6-4-3-5-7-18/h8-11,14-16,18H,2-7,12-13H2,1H3,(H,24,28). The van der Waals surface area contributed by atoms with Crippen LogP contribution in [0.2, 0.25) is 0 Å². The van der Waals surface area contributed by atoms with Crippen molar-refractivity contribution in [3.8, 4) is 17.0 Å².